The van der Waals surface area contributed by atoms with Gasteiger partial charge in [0.25, 0.3) is 0 Å². The molecule has 5 nitrogen and oxygen atoms in total. The number of halogens is 2. The maximum atomic E-state index is 12.3. The Morgan fingerprint density at radius 3 is 2.68 bits per heavy atom. The number of amides is 1. The van der Waals surface area contributed by atoms with Crippen molar-refractivity contribution < 1.29 is 4.79 Å². The summed E-state index contributed by atoms with van der Waals surface area (Å²) in [5, 5.41) is 4.68. The Labute approximate surface area is 143 Å². The Morgan fingerprint density at radius 2 is 2.14 bits per heavy atom. The van der Waals surface area contributed by atoms with Crippen LogP contribution in [0.1, 0.15) is 33.6 Å². The first-order chi connectivity index (χ1) is 9.74. The van der Waals surface area contributed by atoms with Crippen molar-refractivity contribution in [1.82, 2.24) is 14.7 Å². The highest BCUT2D eigenvalue weighted by atomic mass is 35.5. The zero-order valence-electron chi connectivity index (χ0n) is 13.5. The van der Waals surface area contributed by atoms with Crippen molar-refractivity contribution in [3.8, 4) is 0 Å². The predicted molar refractivity (Wildman–Crippen MR) is 91.2 cm³/mol. The van der Waals surface area contributed by atoms with Gasteiger partial charge in [-0.2, -0.15) is 5.10 Å². The van der Waals surface area contributed by atoms with Gasteiger partial charge >= 0.3 is 0 Å². The number of nitrogens with two attached hydrogens (primary N) is 1. The van der Waals surface area contributed by atoms with Crippen LogP contribution in [0.4, 0.5) is 0 Å². The summed E-state index contributed by atoms with van der Waals surface area (Å²) >= 11 is 5.81. The van der Waals surface area contributed by atoms with Crippen LogP contribution in [0.2, 0.25) is 5.02 Å². The van der Waals surface area contributed by atoms with Gasteiger partial charge in [0, 0.05) is 38.3 Å². The number of hydrogen-bond donors (Lipinski definition) is 1. The van der Waals surface area contributed by atoms with Crippen LogP contribution in [0.3, 0.4) is 0 Å². The second-order valence-corrected chi connectivity index (χ2v) is 7.60. The quantitative estimate of drug-likeness (QED) is 0.909. The minimum absolute atomic E-state index is 0. The van der Waals surface area contributed by atoms with E-state index in [9.17, 15) is 4.79 Å². The van der Waals surface area contributed by atoms with Gasteiger partial charge in [0.05, 0.1) is 11.2 Å². The SMILES string of the molecule is CC(C)(C)CC1CN(C(=O)CCn2cc(Cl)cn2)CC1N.Cl. The van der Waals surface area contributed by atoms with E-state index in [0.29, 0.717) is 30.5 Å². The summed E-state index contributed by atoms with van der Waals surface area (Å²) in [7, 11) is 0. The monoisotopic (exact) mass is 348 g/mol. The van der Waals surface area contributed by atoms with Crippen molar-refractivity contribution in [1.29, 1.82) is 0 Å². The zero-order valence-corrected chi connectivity index (χ0v) is 15.0. The first-order valence-electron chi connectivity index (χ1n) is 7.46. The Bertz CT molecular complexity index is 498. The van der Waals surface area contributed by atoms with Crippen LogP contribution >= 0.6 is 24.0 Å². The molecule has 2 unspecified atom stereocenters. The van der Waals surface area contributed by atoms with Crippen LogP contribution in [0.5, 0.6) is 0 Å². The first-order valence-corrected chi connectivity index (χ1v) is 7.84. The molecule has 2 atom stereocenters. The van der Waals surface area contributed by atoms with Gasteiger partial charge in [0.1, 0.15) is 0 Å². The van der Waals surface area contributed by atoms with E-state index in [1.165, 1.54) is 0 Å². The van der Waals surface area contributed by atoms with Gasteiger partial charge in [0.2, 0.25) is 5.91 Å². The lowest BCUT2D eigenvalue weighted by atomic mass is 9.83. The Balaban J connectivity index is 0.00000242. The topological polar surface area (TPSA) is 64.2 Å². The van der Waals surface area contributed by atoms with Crippen molar-refractivity contribution in [2.75, 3.05) is 13.1 Å². The maximum absolute atomic E-state index is 12.3. The predicted octanol–water partition coefficient (Wildman–Crippen LogP) is 2.57. The molecule has 1 fully saturated rings. The average Bonchev–Trinajstić information content (AvgIpc) is 2.92. The number of carbonyl (C=O) groups excluding carboxylic acids is 1. The maximum Gasteiger partial charge on any atom is 0.224 e. The molecule has 1 amide bonds. The van der Waals surface area contributed by atoms with E-state index in [1.807, 2.05) is 4.90 Å². The van der Waals surface area contributed by atoms with Crippen LogP contribution < -0.4 is 5.73 Å². The highest BCUT2D eigenvalue weighted by Gasteiger charge is 2.34. The molecule has 22 heavy (non-hydrogen) atoms. The zero-order chi connectivity index (χ0) is 15.6. The largest absolute Gasteiger partial charge is 0.341 e. The van der Waals surface area contributed by atoms with Crippen molar-refractivity contribution in [3.05, 3.63) is 17.4 Å². The molecule has 0 aliphatic carbocycles. The van der Waals surface area contributed by atoms with Crippen molar-refractivity contribution in [3.63, 3.8) is 0 Å². The molecule has 0 bridgehead atoms. The molecule has 0 radical (unpaired) electrons. The molecule has 1 aliphatic heterocycles. The first kappa shape index (κ1) is 19.3. The fourth-order valence-electron chi connectivity index (χ4n) is 2.93. The van der Waals surface area contributed by atoms with Gasteiger partial charge in [-0.3, -0.25) is 9.48 Å². The molecule has 2 rings (SSSR count). The molecule has 7 heteroatoms. The summed E-state index contributed by atoms with van der Waals surface area (Å²) in [6.45, 7) is 8.64. The van der Waals surface area contributed by atoms with Gasteiger partial charge in [-0.15, -0.1) is 12.4 Å². The lowest BCUT2D eigenvalue weighted by Gasteiger charge is -2.24. The smallest absolute Gasteiger partial charge is 0.224 e. The highest BCUT2D eigenvalue weighted by Crippen LogP contribution is 2.30. The summed E-state index contributed by atoms with van der Waals surface area (Å²) in [6, 6.07) is 0.0901. The molecule has 0 saturated carbocycles. The standard InChI is InChI=1S/C15H25ClN4O.ClH/c1-15(2,3)6-11-8-19(10-13(11)17)14(21)4-5-20-9-12(16)7-18-20;/h7,9,11,13H,4-6,8,10,17H2,1-3H3;1H. The van der Waals surface area contributed by atoms with Crippen LogP contribution in [-0.4, -0.2) is 39.7 Å². The number of carbonyl (C=O) groups is 1. The van der Waals surface area contributed by atoms with Crippen LogP contribution in [-0.2, 0) is 11.3 Å². The Morgan fingerprint density at radius 1 is 1.45 bits per heavy atom. The van der Waals surface area contributed by atoms with Crippen molar-refractivity contribution >= 4 is 29.9 Å². The highest BCUT2D eigenvalue weighted by molar-refractivity contribution is 6.30. The summed E-state index contributed by atoms with van der Waals surface area (Å²) in [5.41, 5.74) is 6.44. The van der Waals surface area contributed by atoms with Crippen LogP contribution in [0, 0.1) is 11.3 Å². The van der Waals surface area contributed by atoms with Crippen molar-refractivity contribution in [2.24, 2.45) is 17.1 Å². The number of nitrogens with zero attached hydrogens (tertiary/aromatic N) is 3. The van der Waals surface area contributed by atoms with Crippen LogP contribution in [0.15, 0.2) is 12.4 Å². The van der Waals surface area contributed by atoms with Gasteiger partial charge in [-0.05, 0) is 17.8 Å². The van der Waals surface area contributed by atoms with E-state index in [-0.39, 0.29) is 29.8 Å². The van der Waals surface area contributed by atoms with E-state index in [2.05, 4.69) is 25.9 Å². The summed E-state index contributed by atoms with van der Waals surface area (Å²) in [5.74, 6) is 0.543. The Kier molecular flexibility index (Phi) is 6.71. The fourth-order valence-corrected chi connectivity index (χ4v) is 3.09. The summed E-state index contributed by atoms with van der Waals surface area (Å²) in [4.78, 5) is 14.2. The second-order valence-electron chi connectivity index (χ2n) is 7.16. The lowest BCUT2D eigenvalue weighted by molar-refractivity contribution is -0.130. The third kappa shape index (κ3) is 5.45. The van der Waals surface area contributed by atoms with Gasteiger partial charge in [-0.1, -0.05) is 32.4 Å². The third-order valence-electron chi connectivity index (χ3n) is 3.88. The van der Waals surface area contributed by atoms with Gasteiger partial charge in [-0.25, -0.2) is 0 Å². The minimum atomic E-state index is 0. The van der Waals surface area contributed by atoms with E-state index in [0.717, 1.165) is 13.0 Å². The molecule has 1 aromatic heterocycles. The fraction of sp³-hybridized carbons (Fsp3) is 0.733. The van der Waals surface area contributed by atoms with E-state index in [4.69, 9.17) is 17.3 Å². The molecule has 2 N–H and O–H groups in total. The summed E-state index contributed by atoms with van der Waals surface area (Å²) in [6.07, 6.45) is 4.80. The molecule has 1 aromatic rings. The summed E-state index contributed by atoms with van der Waals surface area (Å²) < 4.78 is 1.70. The second kappa shape index (κ2) is 7.66. The molecule has 2 heterocycles. The van der Waals surface area contributed by atoms with E-state index < -0.39 is 0 Å². The van der Waals surface area contributed by atoms with Gasteiger partial charge in [0.15, 0.2) is 0 Å². The average molecular weight is 349 g/mol. The number of hydrogen-bond acceptors (Lipinski definition) is 3. The van der Waals surface area contributed by atoms with Gasteiger partial charge < -0.3 is 10.6 Å². The number of aromatic nitrogens is 2. The number of likely N-dealkylation sites (tertiary alicyclic amines) is 1. The van der Waals surface area contributed by atoms with Crippen LogP contribution in [0.25, 0.3) is 0 Å². The normalized spacial score (nSPS) is 21.8. The molecule has 126 valence electrons. The Hall–Kier alpha value is -0.780. The molecule has 1 aliphatic rings. The molecular formula is C15H26Cl2N4O. The molecule has 0 spiro atoms. The van der Waals surface area contributed by atoms with E-state index in [1.54, 1.807) is 17.1 Å². The van der Waals surface area contributed by atoms with E-state index >= 15 is 0 Å². The number of rotatable bonds is 4. The number of aryl methyl sites for hydroxylation is 1. The van der Waals surface area contributed by atoms with Crippen molar-refractivity contribution in [2.45, 2.75) is 46.2 Å². The molecular weight excluding hydrogens is 323 g/mol. The molecule has 1 saturated heterocycles. The lowest BCUT2D eigenvalue weighted by Crippen LogP contribution is -2.33. The minimum Gasteiger partial charge on any atom is -0.341 e. The third-order valence-corrected chi connectivity index (χ3v) is 4.07. The molecule has 0 aromatic carbocycles.